The standard InChI is InChI=1S/C13H21N3O2/c1-3-15-9-7-14-12(15)10-16-8-5-6-11(16)13(17)18-4-2/h7,9,11H,3-6,8,10H2,1-2H3. The Morgan fingerprint density at radius 1 is 1.56 bits per heavy atom. The van der Waals surface area contributed by atoms with Gasteiger partial charge in [-0.25, -0.2) is 4.98 Å². The summed E-state index contributed by atoms with van der Waals surface area (Å²) in [6, 6.07) is -0.0908. The molecule has 0 radical (unpaired) electrons. The molecule has 0 aromatic carbocycles. The first kappa shape index (κ1) is 13.1. The van der Waals surface area contributed by atoms with Crippen LogP contribution in [-0.4, -0.2) is 39.6 Å². The van der Waals surface area contributed by atoms with Gasteiger partial charge in [0.2, 0.25) is 0 Å². The largest absolute Gasteiger partial charge is 0.465 e. The molecule has 0 bridgehead atoms. The minimum absolute atomic E-state index is 0.0908. The summed E-state index contributed by atoms with van der Waals surface area (Å²) in [5, 5.41) is 0. The number of ether oxygens (including phenoxy) is 1. The van der Waals surface area contributed by atoms with Crippen molar-refractivity contribution in [1.82, 2.24) is 14.5 Å². The fourth-order valence-corrected chi connectivity index (χ4v) is 2.48. The van der Waals surface area contributed by atoms with E-state index in [-0.39, 0.29) is 12.0 Å². The second-order valence-electron chi connectivity index (χ2n) is 4.51. The first-order valence-electron chi connectivity index (χ1n) is 6.67. The molecule has 0 N–H and O–H groups in total. The average molecular weight is 251 g/mol. The molecule has 1 atom stereocenters. The van der Waals surface area contributed by atoms with E-state index in [9.17, 15) is 4.79 Å². The molecular formula is C13H21N3O2. The summed E-state index contributed by atoms with van der Waals surface area (Å²) in [6.07, 6.45) is 5.74. The second kappa shape index (κ2) is 6.00. The van der Waals surface area contributed by atoms with E-state index in [2.05, 4.69) is 21.4 Å². The quantitative estimate of drug-likeness (QED) is 0.743. The molecule has 0 saturated carbocycles. The molecule has 1 aliphatic heterocycles. The van der Waals surface area contributed by atoms with Gasteiger partial charge in [0.05, 0.1) is 13.2 Å². The van der Waals surface area contributed by atoms with Gasteiger partial charge >= 0.3 is 5.97 Å². The molecule has 1 aromatic rings. The SMILES string of the molecule is CCOC(=O)C1CCCN1Cc1nccn1CC. The zero-order chi connectivity index (χ0) is 13.0. The lowest BCUT2D eigenvalue weighted by Gasteiger charge is -2.22. The van der Waals surface area contributed by atoms with Crippen molar-refractivity contribution in [3.8, 4) is 0 Å². The van der Waals surface area contributed by atoms with Gasteiger partial charge in [-0.1, -0.05) is 0 Å². The van der Waals surface area contributed by atoms with E-state index in [4.69, 9.17) is 4.74 Å². The zero-order valence-electron chi connectivity index (χ0n) is 11.1. The van der Waals surface area contributed by atoms with Crippen LogP contribution in [0.25, 0.3) is 0 Å². The minimum atomic E-state index is -0.0930. The van der Waals surface area contributed by atoms with Crippen LogP contribution in [0.2, 0.25) is 0 Å². The van der Waals surface area contributed by atoms with E-state index in [0.717, 1.165) is 38.3 Å². The molecule has 5 heteroatoms. The minimum Gasteiger partial charge on any atom is -0.465 e. The summed E-state index contributed by atoms with van der Waals surface area (Å²) in [6.45, 7) is 6.98. The van der Waals surface area contributed by atoms with Crippen molar-refractivity contribution in [1.29, 1.82) is 0 Å². The average Bonchev–Trinajstić information content (AvgIpc) is 2.98. The Hall–Kier alpha value is -1.36. The maximum Gasteiger partial charge on any atom is 0.323 e. The van der Waals surface area contributed by atoms with Crippen LogP contribution in [-0.2, 0) is 22.6 Å². The van der Waals surface area contributed by atoms with Crippen LogP contribution >= 0.6 is 0 Å². The smallest absolute Gasteiger partial charge is 0.323 e. The number of aryl methyl sites for hydroxylation is 1. The van der Waals surface area contributed by atoms with E-state index in [1.165, 1.54) is 0 Å². The van der Waals surface area contributed by atoms with Crippen molar-refractivity contribution in [2.75, 3.05) is 13.2 Å². The van der Waals surface area contributed by atoms with Crippen LogP contribution in [0.5, 0.6) is 0 Å². The summed E-state index contributed by atoms with van der Waals surface area (Å²) < 4.78 is 7.24. The maximum atomic E-state index is 11.8. The molecule has 2 heterocycles. The third-order valence-electron chi connectivity index (χ3n) is 3.41. The van der Waals surface area contributed by atoms with Gasteiger partial charge in [0.25, 0.3) is 0 Å². The number of rotatable bonds is 5. The first-order chi connectivity index (χ1) is 8.76. The predicted molar refractivity (Wildman–Crippen MR) is 68.0 cm³/mol. The highest BCUT2D eigenvalue weighted by Gasteiger charge is 2.32. The summed E-state index contributed by atoms with van der Waals surface area (Å²) in [5.74, 6) is 0.929. The van der Waals surface area contributed by atoms with Crippen molar-refractivity contribution in [3.63, 3.8) is 0 Å². The zero-order valence-corrected chi connectivity index (χ0v) is 11.1. The number of nitrogens with zero attached hydrogens (tertiary/aromatic N) is 3. The normalized spacial score (nSPS) is 20.2. The van der Waals surface area contributed by atoms with Crippen molar-refractivity contribution < 1.29 is 9.53 Å². The summed E-state index contributed by atoms with van der Waals surface area (Å²) >= 11 is 0. The van der Waals surface area contributed by atoms with Gasteiger partial charge in [0, 0.05) is 18.9 Å². The highest BCUT2D eigenvalue weighted by atomic mass is 16.5. The number of likely N-dealkylation sites (tertiary alicyclic amines) is 1. The molecule has 0 amide bonds. The third-order valence-corrected chi connectivity index (χ3v) is 3.41. The number of hydrogen-bond acceptors (Lipinski definition) is 4. The van der Waals surface area contributed by atoms with Crippen molar-refractivity contribution in [3.05, 3.63) is 18.2 Å². The van der Waals surface area contributed by atoms with E-state index in [0.29, 0.717) is 6.61 Å². The number of hydrogen-bond donors (Lipinski definition) is 0. The second-order valence-corrected chi connectivity index (χ2v) is 4.51. The van der Waals surface area contributed by atoms with E-state index in [1.54, 1.807) is 0 Å². The Labute approximate surface area is 108 Å². The molecule has 100 valence electrons. The van der Waals surface area contributed by atoms with Crippen LogP contribution in [0.4, 0.5) is 0 Å². The molecule has 18 heavy (non-hydrogen) atoms. The van der Waals surface area contributed by atoms with Crippen molar-refractivity contribution in [2.24, 2.45) is 0 Å². The Morgan fingerprint density at radius 2 is 2.39 bits per heavy atom. The molecule has 1 saturated heterocycles. The summed E-state index contributed by atoms with van der Waals surface area (Å²) in [7, 11) is 0. The molecular weight excluding hydrogens is 230 g/mol. The molecule has 5 nitrogen and oxygen atoms in total. The lowest BCUT2D eigenvalue weighted by atomic mass is 10.2. The Morgan fingerprint density at radius 3 is 3.11 bits per heavy atom. The number of carbonyl (C=O) groups is 1. The van der Waals surface area contributed by atoms with Gasteiger partial charge < -0.3 is 9.30 Å². The number of carbonyl (C=O) groups excluding carboxylic acids is 1. The van der Waals surface area contributed by atoms with Gasteiger partial charge in [-0.05, 0) is 33.2 Å². The summed E-state index contributed by atoms with van der Waals surface area (Å²) in [4.78, 5) is 18.4. The lowest BCUT2D eigenvalue weighted by molar-refractivity contribution is -0.148. The van der Waals surface area contributed by atoms with Crippen LogP contribution in [0.3, 0.4) is 0 Å². The van der Waals surface area contributed by atoms with Crippen LogP contribution in [0.15, 0.2) is 12.4 Å². The molecule has 1 unspecified atom stereocenters. The Kier molecular flexibility index (Phi) is 4.36. The molecule has 1 aliphatic rings. The lowest BCUT2D eigenvalue weighted by Crippen LogP contribution is -2.37. The van der Waals surface area contributed by atoms with Gasteiger partial charge in [0.15, 0.2) is 0 Å². The van der Waals surface area contributed by atoms with Gasteiger partial charge in [-0.2, -0.15) is 0 Å². The number of esters is 1. The van der Waals surface area contributed by atoms with Gasteiger partial charge in [-0.15, -0.1) is 0 Å². The Bertz CT molecular complexity index is 403. The van der Waals surface area contributed by atoms with Crippen molar-refractivity contribution in [2.45, 2.75) is 45.8 Å². The maximum absolute atomic E-state index is 11.8. The van der Waals surface area contributed by atoms with Gasteiger partial charge in [-0.3, -0.25) is 9.69 Å². The fraction of sp³-hybridized carbons (Fsp3) is 0.692. The Balaban J connectivity index is 2.01. The van der Waals surface area contributed by atoms with E-state index >= 15 is 0 Å². The fourth-order valence-electron chi connectivity index (χ4n) is 2.48. The topological polar surface area (TPSA) is 47.4 Å². The number of imidazole rings is 1. The molecule has 2 rings (SSSR count). The van der Waals surface area contributed by atoms with E-state index in [1.807, 2.05) is 19.3 Å². The summed E-state index contributed by atoms with van der Waals surface area (Å²) in [5.41, 5.74) is 0. The van der Waals surface area contributed by atoms with Crippen LogP contribution in [0.1, 0.15) is 32.5 Å². The monoisotopic (exact) mass is 251 g/mol. The highest BCUT2D eigenvalue weighted by Crippen LogP contribution is 2.20. The molecule has 1 aromatic heterocycles. The predicted octanol–water partition coefficient (Wildman–Crippen LogP) is 1.43. The van der Waals surface area contributed by atoms with Crippen molar-refractivity contribution >= 4 is 5.97 Å². The third kappa shape index (κ3) is 2.72. The number of aromatic nitrogens is 2. The molecule has 1 fully saturated rings. The van der Waals surface area contributed by atoms with Crippen LogP contribution < -0.4 is 0 Å². The molecule has 0 spiro atoms. The molecule has 0 aliphatic carbocycles. The van der Waals surface area contributed by atoms with Gasteiger partial charge in [0.1, 0.15) is 11.9 Å². The highest BCUT2D eigenvalue weighted by molar-refractivity contribution is 5.76. The van der Waals surface area contributed by atoms with Crippen LogP contribution in [0, 0.1) is 0 Å². The first-order valence-corrected chi connectivity index (χ1v) is 6.67. The van der Waals surface area contributed by atoms with E-state index < -0.39 is 0 Å².